The van der Waals surface area contributed by atoms with Crippen molar-refractivity contribution in [2.24, 2.45) is 0 Å². The average Bonchev–Trinajstić information content (AvgIpc) is 3.35. The van der Waals surface area contributed by atoms with Crippen molar-refractivity contribution in [3.63, 3.8) is 0 Å². The first-order valence-corrected chi connectivity index (χ1v) is 11.4. The molecule has 31 heavy (non-hydrogen) atoms. The molecular weight excluding hydrogens is 438 g/mol. The van der Waals surface area contributed by atoms with Gasteiger partial charge in [0, 0.05) is 19.4 Å². The van der Waals surface area contributed by atoms with Gasteiger partial charge in [-0.25, -0.2) is 9.78 Å². The molecule has 6 nitrogen and oxygen atoms in total. The molecule has 0 saturated heterocycles. The number of benzene rings is 1. The number of carbonyl (C=O) groups excluding carboxylic acids is 1. The molecule has 0 unspecified atom stereocenters. The Morgan fingerprint density at radius 3 is 2.58 bits per heavy atom. The predicted octanol–water partition coefficient (Wildman–Crippen LogP) is 5.50. The van der Waals surface area contributed by atoms with E-state index < -0.39 is 6.10 Å². The van der Waals surface area contributed by atoms with Crippen LogP contribution in [0.4, 0.5) is 0 Å². The molecule has 2 aromatic heterocycles. The van der Waals surface area contributed by atoms with Crippen molar-refractivity contribution in [1.82, 2.24) is 4.98 Å². The van der Waals surface area contributed by atoms with E-state index in [0.29, 0.717) is 42.9 Å². The molecule has 0 fully saturated rings. The third-order valence-corrected chi connectivity index (χ3v) is 5.77. The van der Waals surface area contributed by atoms with E-state index in [4.69, 9.17) is 30.2 Å². The van der Waals surface area contributed by atoms with Crippen molar-refractivity contribution in [1.29, 1.82) is 0 Å². The van der Waals surface area contributed by atoms with Crippen LogP contribution in [0.15, 0.2) is 40.8 Å². The Morgan fingerprint density at radius 1 is 1.16 bits per heavy atom. The molecule has 0 amide bonds. The predicted molar refractivity (Wildman–Crippen MR) is 121 cm³/mol. The number of hydrogen-bond acceptors (Lipinski definition) is 7. The van der Waals surface area contributed by atoms with Crippen LogP contribution in [0.5, 0.6) is 5.75 Å². The van der Waals surface area contributed by atoms with E-state index in [1.807, 2.05) is 50.2 Å². The molecule has 0 spiro atoms. The number of nitrogens with zero attached hydrogens (tertiary/aromatic N) is 1. The second kappa shape index (κ2) is 11.3. The van der Waals surface area contributed by atoms with Crippen LogP contribution in [0.3, 0.4) is 0 Å². The Labute approximate surface area is 191 Å². The molecule has 0 bridgehead atoms. The Bertz CT molecular complexity index is 982. The fourth-order valence-corrected chi connectivity index (χ4v) is 4.01. The normalized spacial score (nSPS) is 12.0. The second-order valence-electron chi connectivity index (χ2n) is 6.77. The zero-order chi connectivity index (χ0) is 22.2. The highest BCUT2D eigenvalue weighted by Gasteiger charge is 2.20. The number of esters is 1. The van der Waals surface area contributed by atoms with Crippen LogP contribution >= 0.6 is 22.9 Å². The van der Waals surface area contributed by atoms with Gasteiger partial charge in [-0.2, -0.15) is 0 Å². The number of ether oxygens (including phenoxy) is 3. The van der Waals surface area contributed by atoms with Crippen LogP contribution in [0, 0.1) is 6.92 Å². The highest BCUT2D eigenvalue weighted by molar-refractivity contribution is 7.19. The van der Waals surface area contributed by atoms with Crippen molar-refractivity contribution in [2.75, 3.05) is 19.8 Å². The zero-order valence-corrected chi connectivity index (χ0v) is 19.4. The molecule has 0 aliphatic heterocycles. The minimum absolute atomic E-state index is 0.336. The van der Waals surface area contributed by atoms with Crippen molar-refractivity contribution in [2.45, 2.75) is 39.7 Å². The number of aryl methyl sites for hydroxylation is 1. The summed E-state index contributed by atoms with van der Waals surface area (Å²) in [5.74, 6) is 1.77. The van der Waals surface area contributed by atoms with Crippen LogP contribution in [0.1, 0.15) is 30.9 Å². The van der Waals surface area contributed by atoms with Crippen LogP contribution in [-0.4, -0.2) is 36.9 Å². The van der Waals surface area contributed by atoms with E-state index in [1.165, 1.54) is 11.3 Å². The molecule has 166 valence electrons. The van der Waals surface area contributed by atoms with E-state index >= 15 is 0 Å². The van der Waals surface area contributed by atoms with Gasteiger partial charge in [0.25, 0.3) is 0 Å². The molecule has 2 heterocycles. The first-order valence-electron chi connectivity index (χ1n) is 10.2. The lowest BCUT2D eigenvalue weighted by molar-refractivity contribution is -0.156. The molecule has 0 saturated carbocycles. The van der Waals surface area contributed by atoms with Crippen molar-refractivity contribution in [3.05, 3.63) is 57.8 Å². The van der Waals surface area contributed by atoms with E-state index in [2.05, 4.69) is 4.98 Å². The summed E-state index contributed by atoms with van der Waals surface area (Å²) in [6.45, 7) is 6.80. The lowest BCUT2D eigenvalue weighted by atomic mass is 10.1. The SMILES string of the molecule is CCOC(=O)[C@@H](Cc1ccc(OCCc2nc(-c3ccc(Cl)s3)oc2C)cc1)OCC. The van der Waals surface area contributed by atoms with Crippen LogP contribution in [0.25, 0.3) is 10.8 Å². The summed E-state index contributed by atoms with van der Waals surface area (Å²) in [6.07, 6.45) is 0.491. The molecule has 0 radical (unpaired) electrons. The minimum atomic E-state index is -0.598. The lowest BCUT2D eigenvalue weighted by Crippen LogP contribution is -2.28. The summed E-state index contributed by atoms with van der Waals surface area (Å²) in [4.78, 5) is 17.5. The molecule has 0 aliphatic carbocycles. The highest BCUT2D eigenvalue weighted by Crippen LogP contribution is 2.31. The third-order valence-electron chi connectivity index (χ3n) is 4.55. The van der Waals surface area contributed by atoms with Gasteiger partial charge in [0.2, 0.25) is 5.89 Å². The summed E-state index contributed by atoms with van der Waals surface area (Å²) < 4.78 is 22.9. The molecule has 1 atom stereocenters. The summed E-state index contributed by atoms with van der Waals surface area (Å²) >= 11 is 7.43. The standard InChI is InChI=1S/C23H26ClNO5S/c1-4-27-19(23(26)28-5-2)14-16-6-8-17(9-7-16)29-13-12-18-15(3)30-22(25-18)20-10-11-21(24)31-20/h6-11,19H,4-5,12-14H2,1-3H3/t19-/m1/s1. The molecule has 3 rings (SSSR count). The number of oxazole rings is 1. The largest absolute Gasteiger partial charge is 0.493 e. The fraction of sp³-hybridized carbons (Fsp3) is 0.391. The fourth-order valence-electron chi connectivity index (χ4n) is 3.04. The van der Waals surface area contributed by atoms with Gasteiger partial charge in [-0.05, 0) is 50.6 Å². The summed E-state index contributed by atoms with van der Waals surface area (Å²) in [5.41, 5.74) is 1.84. The number of hydrogen-bond donors (Lipinski definition) is 0. The molecule has 8 heteroatoms. The van der Waals surface area contributed by atoms with Gasteiger partial charge in [0.1, 0.15) is 11.5 Å². The van der Waals surface area contributed by atoms with Gasteiger partial charge < -0.3 is 18.6 Å². The molecular formula is C23H26ClNO5S. The topological polar surface area (TPSA) is 70.8 Å². The van der Waals surface area contributed by atoms with E-state index in [-0.39, 0.29) is 5.97 Å². The lowest BCUT2D eigenvalue weighted by Gasteiger charge is -2.15. The average molecular weight is 464 g/mol. The Hall–Kier alpha value is -2.35. The summed E-state index contributed by atoms with van der Waals surface area (Å²) in [6, 6.07) is 11.4. The van der Waals surface area contributed by atoms with Crippen LogP contribution in [-0.2, 0) is 27.1 Å². The number of aromatic nitrogens is 1. The van der Waals surface area contributed by atoms with Crippen LogP contribution in [0.2, 0.25) is 4.34 Å². The van der Waals surface area contributed by atoms with E-state index in [0.717, 1.165) is 27.6 Å². The molecule has 0 N–H and O–H groups in total. The Kier molecular flexibility index (Phi) is 8.51. The Balaban J connectivity index is 1.52. The molecule has 3 aromatic rings. The maximum atomic E-state index is 12.0. The van der Waals surface area contributed by atoms with Crippen molar-refractivity contribution < 1.29 is 23.4 Å². The van der Waals surface area contributed by atoms with E-state index in [1.54, 1.807) is 6.92 Å². The number of rotatable bonds is 11. The first kappa shape index (κ1) is 23.3. The highest BCUT2D eigenvalue weighted by atomic mass is 35.5. The monoisotopic (exact) mass is 463 g/mol. The quantitative estimate of drug-likeness (QED) is 0.350. The maximum Gasteiger partial charge on any atom is 0.335 e. The summed E-state index contributed by atoms with van der Waals surface area (Å²) in [7, 11) is 0. The zero-order valence-electron chi connectivity index (χ0n) is 17.9. The third kappa shape index (κ3) is 6.56. The number of thiophene rings is 1. The van der Waals surface area contributed by atoms with E-state index in [9.17, 15) is 4.79 Å². The van der Waals surface area contributed by atoms with Crippen molar-refractivity contribution in [3.8, 4) is 16.5 Å². The van der Waals surface area contributed by atoms with Gasteiger partial charge in [0.05, 0.1) is 28.1 Å². The number of halogens is 1. The smallest absolute Gasteiger partial charge is 0.335 e. The molecule has 1 aromatic carbocycles. The Morgan fingerprint density at radius 2 is 1.94 bits per heavy atom. The van der Waals surface area contributed by atoms with Crippen molar-refractivity contribution >= 4 is 28.9 Å². The second-order valence-corrected chi connectivity index (χ2v) is 8.48. The van der Waals surface area contributed by atoms with Gasteiger partial charge in [-0.15, -0.1) is 11.3 Å². The van der Waals surface area contributed by atoms with Crippen LogP contribution < -0.4 is 4.74 Å². The van der Waals surface area contributed by atoms with Gasteiger partial charge >= 0.3 is 5.97 Å². The van der Waals surface area contributed by atoms with Gasteiger partial charge in [-0.3, -0.25) is 0 Å². The van der Waals surface area contributed by atoms with Gasteiger partial charge in [-0.1, -0.05) is 23.7 Å². The van der Waals surface area contributed by atoms with Gasteiger partial charge in [0.15, 0.2) is 6.10 Å². The number of carbonyl (C=O) groups is 1. The first-order chi connectivity index (χ1) is 15.0. The minimum Gasteiger partial charge on any atom is -0.493 e. The maximum absolute atomic E-state index is 12.0. The molecule has 0 aliphatic rings. The summed E-state index contributed by atoms with van der Waals surface area (Å²) in [5, 5.41) is 0.